The van der Waals surface area contributed by atoms with Crippen molar-refractivity contribution in [2.75, 3.05) is 0 Å². The summed E-state index contributed by atoms with van der Waals surface area (Å²) < 4.78 is 3.86. The van der Waals surface area contributed by atoms with E-state index < -0.39 is 0 Å². The van der Waals surface area contributed by atoms with E-state index in [0.717, 1.165) is 27.8 Å². The van der Waals surface area contributed by atoms with Gasteiger partial charge in [-0.25, -0.2) is 0 Å². The van der Waals surface area contributed by atoms with Crippen molar-refractivity contribution < 1.29 is 14.3 Å². The topological polar surface area (TPSA) is 49.7 Å². The van der Waals surface area contributed by atoms with Crippen molar-refractivity contribution in [2.24, 2.45) is 0 Å². The highest BCUT2D eigenvalue weighted by Crippen LogP contribution is 2.42. The molecule has 2 aromatic rings. The summed E-state index contributed by atoms with van der Waals surface area (Å²) in [6.07, 6.45) is 0. The Labute approximate surface area is 132 Å². The SMILES string of the molecule is Cc1c(C)c(C)c(-c2ccccc2O)c(O)c1C.[Si]O[Si]. The highest BCUT2D eigenvalue weighted by Gasteiger charge is 2.17. The molecule has 2 rings (SSSR count). The van der Waals surface area contributed by atoms with Gasteiger partial charge in [0.25, 0.3) is 0 Å². The van der Waals surface area contributed by atoms with Crippen LogP contribution in [0, 0.1) is 27.7 Å². The van der Waals surface area contributed by atoms with Crippen molar-refractivity contribution in [2.45, 2.75) is 27.7 Å². The smallest absolute Gasteiger partial charge is 0.229 e. The minimum atomic E-state index is 0.193. The van der Waals surface area contributed by atoms with Crippen molar-refractivity contribution >= 4 is 21.0 Å². The van der Waals surface area contributed by atoms with Crippen LogP contribution < -0.4 is 0 Å². The summed E-state index contributed by atoms with van der Waals surface area (Å²) in [5, 5.41) is 20.3. The van der Waals surface area contributed by atoms with Gasteiger partial charge in [-0.15, -0.1) is 0 Å². The molecule has 0 aliphatic carbocycles. The molecule has 0 spiro atoms. The molecular weight excluding hydrogens is 296 g/mol. The molecule has 0 bridgehead atoms. The third kappa shape index (κ3) is 3.55. The Morgan fingerprint density at radius 3 is 1.81 bits per heavy atom. The summed E-state index contributed by atoms with van der Waals surface area (Å²) in [6, 6.07) is 7.10. The third-order valence-electron chi connectivity index (χ3n) is 3.83. The van der Waals surface area contributed by atoms with E-state index in [2.05, 4.69) is 25.1 Å². The summed E-state index contributed by atoms with van der Waals surface area (Å²) in [5.41, 5.74) is 5.55. The molecule has 0 amide bonds. The monoisotopic (exact) mass is 314 g/mol. The molecule has 108 valence electrons. The van der Waals surface area contributed by atoms with Crippen LogP contribution in [0.2, 0.25) is 0 Å². The molecule has 3 nitrogen and oxygen atoms in total. The zero-order valence-corrected chi connectivity index (χ0v) is 14.6. The van der Waals surface area contributed by atoms with E-state index in [1.54, 1.807) is 12.1 Å². The summed E-state index contributed by atoms with van der Waals surface area (Å²) in [6.45, 7) is 7.93. The summed E-state index contributed by atoms with van der Waals surface area (Å²) >= 11 is 0. The van der Waals surface area contributed by atoms with Crippen LogP contribution in [-0.2, 0) is 4.12 Å². The van der Waals surface area contributed by atoms with Gasteiger partial charge >= 0.3 is 0 Å². The maximum absolute atomic E-state index is 10.4. The maximum atomic E-state index is 10.4. The lowest BCUT2D eigenvalue weighted by Crippen LogP contribution is -1.96. The van der Waals surface area contributed by atoms with Gasteiger partial charge in [0.1, 0.15) is 11.5 Å². The summed E-state index contributed by atoms with van der Waals surface area (Å²) in [7, 11) is 5.19. The fourth-order valence-corrected chi connectivity index (χ4v) is 2.31. The Hall–Kier alpha value is -1.57. The Morgan fingerprint density at radius 1 is 0.810 bits per heavy atom. The molecule has 0 aliphatic heterocycles. The standard InChI is InChI=1S/C16H18O2.OSi2/c1-9-10(2)12(4)16(18)15(11(9)3)13-7-5-6-8-14(13)17;2-1-3/h5-8,17-18H,1-4H3;. The van der Waals surface area contributed by atoms with Crippen LogP contribution in [0.5, 0.6) is 11.5 Å². The Kier molecular flexibility index (Phi) is 6.20. The second kappa shape index (κ2) is 7.44. The van der Waals surface area contributed by atoms with Crippen molar-refractivity contribution in [3.8, 4) is 22.6 Å². The Morgan fingerprint density at radius 2 is 1.29 bits per heavy atom. The molecule has 0 heterocycles. The van der Waals surface area contributed by atoms with Crippen molar-refractivity contribution in [3.63, 3.8) is 0 Å². The van der Waals surface area contributed by atoms with Gasteiger partial charge in [-0.2, -0.15) is 0 Å². The molecule has 2 N–H and O–H groups in total. The predicted molar refractivity (Wildman–Crippen MR) is 86.7 cm³/mol. The second-order valence-corrected chi connectivity index (χ2v) is 5.66. The lowest BCUT2D eigenvalue weighted by Gasteiger charge is -2.18. The number of hydrogen-bond donors (Lipinski definition) is 2. The predicted octanol–water partition coefficient (Wildman–Crippen LogP) is 3.17. The molecule has 21 heavy (non-hydrogen) atoms. The van der Waals surface area contributed by atoms with Crippen LogP contribution in [0.15, 0.2) is 24.3 Å². The average molecular weight is 314 g/mol. The number of phenolic OH excluding ortho intramolecular Hbond substituents is 2. The molecule has 0 aliphatic rings. The number of aromatic hydroxyl groups is 2. The highest BCUT2D eigenvalue weighted by atomic mass is 28.3. The third-order valence-corrected chi connectivity index (χ3v) is 3.83. The van der Waals surface area contributed by atoms with Gasteiger partial charge in [0.2, 0.25) is 21.0 Å². The van der Waals surface area contributed by atoms with E-state index in [9.17, 15) is 10.2 Å². The first-order chi connectivity index (χ1) is 9.86. The zero-order valence-electron chi connectivity index (χ0n) is 12.6. The number of hydrogen-bond acceptors (Lipinski definition) is 3. The first kappa shape index (κ1) is 17.5. The number of phenols is 2. The van der Waals surface area contributed by atoms with E-state index in [-0.39, 0.29) is 11.5 Å². The first-order valence-electron chi connectivity index (χ1n) is 6.43. The van der Waals surface area contributed by atoms with E-state index >= 15 is 0 Å². The van der Waals surface area contributed by atoms with Crippen LogP contribution in [-0.4, -0.2) is 31.2 Å². The number of rotatable bonds is 1. The maximum Gasteiger partial charge on any atom is 0.229 e. The van der Waals surface area contributed by atoms with E-state index in [0.29, 0.717) is 5.56 Å². The zero-order chi connectivity index (χ0) is 16.2. The van der Waals surface area contributed by atoms with Crippen LogP contribution in [0.1, 0.15) is 22.3 Å². The Bertz CT molecular complexity index is 611. The van der Waals surface area contributed by atoms with E-state index in [4.69, 9.17) is 0 Å². The fraction of sp³-hybridized carbons (Fsp3) is 0.250. The molecule has 0 aromatic heterocycles. The van der Waals surface area contributed by atoms with E-state index in [1.807, 2.05) is 39.8 Å². The quantitative estimate of drug-likeness (QED) is 0.795. The minimum absolute atomic E-state index is 0.193. The van der Waals surface area contributed by atoms with Gasteiger partial charge in [-0.1, -0.05) is 18.2 Å². The van der Waals surface area contributed by atoms with Crippen LogP contribution in [0.25, 0.3) is 11.1 Å². The molecule has 0 saturated carbocycles. The first-order valence-corrected chi connectivity index (χ1v) is 7.25. The van der Waals surface area contributed by atoms with Crippen LogP contribution >= 0.6 is 0 Å². The van der Waals surface area contributed by atoms with Gasteiger partial charge in [0.05, 0.1) is 0 Å². The largest absolute Gasteiger partial charge is 0.507 e. The van der Waals surface area contributed by atoms with Gasteiger partial charge < -0.3 is 14.3 Å². The minimum Gasteiger partial charge on any atom is -0.507 e. The molecule has 0 fully saturated rings. The summed E-state index contributed by atoms with van der Waals surface area (Å²) in [4.78, 5) is 0. The molecule has 0 atom stereocenters. The van der Waals surface area contributed by atoms with Gasteiger partial charge in [-0.3, -0.25) is 0 Å². The van der Waals surface area contributed by atoms with Gasteiger partial charge in [-0.05, 0) is 56.0 Å². The Balaban J connectivity index is 0.000000677. The molecular formula is C16H18O3Si2. The number of benzene rings is 2. The van der Waals surface area contributed by atoms with Gasteiger partial charge in [0.15, 0.2) is 0 Å². The lowest BCUT2D eigenvalue weighted by molar-refractivity contribution is 0.466. The molecule has 5 heteroatoms. The molecule has 2 aromatic carbocycles. The molecule has 0 saturated heterocycles. The second-order valence-electron chi connectivity index (χ2n) is 4.84. The summed E-state index contributed by atoms with van der Waals surface area (Å²) in [5.74, 6) is 0.454. The molecule has 6 radical (unpaired) electrons. The fourth-order valence-electron chi connectivity index (χ4n) is 2.31. The van der Waals surface area contributed by atoms with E-state index in [1.165, 1.54) is 0 Å². The van der Waals surface area contributed by atoms with Crippen LogP contribution in [0.3, 0.4) is 0 Å². The van der Waals surface area contributed by atoms with Crippen molar-refractivity contribution in [1.82, 2.24) is 0 Å². The highest BCUT2D eigenvalue weighted by molar-refractivity contribution is 6.15. The number of para-hydroxylation sites is 1. The normalized spacial score (nSPS) is 10.0. The average Bonchev–Trinajstić information content (AvgIpc) is 2.46. The van der Waals surface area contributed by atoms with Crippen molar-refractivity contribution in [1.29, 1.82) is 0 Å². The van der Waals surface area contributed by atoms with Crippen LogP contribution in [0.4, 0.5) is 0 Å². The van der Waals surface area contributed by atoms with Gasteiger partial charge in [0, 0.05) is 11.1 Å². The lowest BCUT2D eigenvalue weighted by atomic mass is 9.89. The molecule has 0 unspecified atom stereocenters. The van der Waals surface area contributed by atoms with Crippen molar-refractivity contribution in [3.05, 3.63) is 46.5 Å².